The van der Waals surface area contributed by atoms with Gasteiger partial charge in [0, 0.05) is 26.2 Å². The lowest BCUT2D eigenvalue weighted by molar-refractivity contribution is 0.0556. The highest BCUT2D eigenvalue weighted by Gasteiger charge is 2.31. The largest absolute Gasteiger partial charge is 0.494 e. The fraction of sp³-hybridized carbons (Fsp3) is 0.450. The highest BCUT2D eigenvalue weighted by atomic mass is 32.2. The Morgan fingerprint density at radius 2 is 1.76 bits per heavy atom. The number of rotatable bonds is 7. The van der Waals surface area contributed by atoms with E-state index >= 15 is 0 Å². The first-order valence-electron chi connectivity index (χ1n) is 9.52. The molecule has 0 amide bonds. The van der Waals surface area contributed by atoms with Gasteiger partial charge in [0.05, 0.1) is 24.7 Å². The van der Waals surface area contributed by atoms with Crippen LogP contribution < -0.4 is 4.74 Å². The lowest BCUT2D eigenvalue weighted by Gasteiger charge is -2.36. The molecule has 9 heteroatoms. The molecule has 0 aliphatic carbocycles. The summed E-state index contributed by atoms with van der Waals surface area (Å²) in [5.74, 6) is 0.934. The minimum atomic E-state index is -3.55. The zero-order valence-electron chi connectivity index (χ0n) is 16.8. The molecular formula is C20H26N2O6S. The molecule has 1 aromatic heterocycles. The second-order valence-corrected chi connectivity index (χ2v) is 8.65. The van der Waals surface area contributed by atoms with Crippen LogP contribution in [0, 0.1) is 0 Å². The summed E-state index contributed by atoms with van der Waals surface area (Å²) in [5, 5.41) is 0. The van der Waals surface area contributed by atoms with E-state index in [9.17, 15) is 13.2 Å². The number of benzene rings is 1. The molecule has 0 bridgehead atoms. The molecule has 29 heavy (non-hydrogen) atoms. The van der Waals surface area contributed by atoms with Crippen molar-refractivity contribution in [2.75, 3.05) is 39.9 Å². The predicted octanol–water partition coefficient (Wildman–Crippen LogP) is 2.53. The van der Waals surface area contributed by atoms with E-state index < -0.39 is 16.0 Å². The maximum Gasteiger partial charge on any atom is 0.373 e. The van der Waals surface area contributed by atoms with E-state index in [0.29, 0.717) is 44.3 Å². The molecule has 0 radical (unpaired) electrons. The van der Waals surface area contributed by atoms with Crippen molar-refractivity contribution in [3.63, 3.8) is 0 Å². The van der Waals surface area contributed by atoms with Crippen molar-refractivity contribution in [1.29, 1.82) is 0 Å². The van der Waals surface area contributed by atoms with Gasteiger partial charge < -0.3 is 13.9 Å². The molecule has 1 fully saturated rings. The van der Waals surface area contributed by atoms with Gasteiger partial charge in [-0.05, 0) is 50.2 Å². The highest BCUT2D eigenvalue weighted by Crippen LogP contribution is 2.26. The number of ether oxygens (including phenoxy) is 2. The highest BCUT2D eigenvalue weighted by molar-refractivity contribution is 7.89. The molecule has 8 nitrogen and oxygen atoms in total. The Balaban J connectivity index is 1.63. The quantitative estimate of drug-likeness (QED) is 0.634. The van der Waals surface area contributed by atoms with Crippen LogP contribution in [0.25, 0.3) is 0 Å². The summed E-state index contributed by atoms with van der Waals surface area (Å²) < 4.78 is 42.9. The molecular weight excluding hydrogens is 396 g/mol. The summed E-state index contributed by atoms with van der Waals surface area (Å²) in [6.07, 6.45) is 0. The number of methoxy groups -OCH3 is 1. The van der Waals surface area contributed by atoms with Crippen LogP contribution in [0.4, 0.5) is 0 Å². The first kappa shape index (κ1) is 21.4. The third kappa shape index (κ3) is 4.63. The number of carbonyl (C=O) groups is 1. The molecule has 0 unspecified atom stereocenters. The molecule has 2 heterocycles. The van der Waals surface area contributed by atoms with Crippen LogP contribution in [0.2, 0.25) is 0 Å². The topological polar surface area (TPSA) is 89.3 Å². The van der Waals surface area contributed by atoms with E-state index in [4.69, 9.17) is 9.15 Å². The van der Waals surface area contributed by atoms with Crippen LogP contribution >= 0.6 is 0 Å². The third-order valence-corrected chi connectivity index (χ3v) is 6.93. The molecule has 1 aliphatic rings. The first-order valence-corrected chi connectivity index (χ1v) is 11.0. The molecule has 1 atom stereocenters. The molecule has 0 saturated carbocycles. The average molecular weight is 423 g/mol. The number of hydrogen-bond acceptors (Lipinski definition) is 7. The number of sulfonamides is 1. The number of hydrogen-bond donors (Lipinski definition) is 0. The Bertz CT molecular complexity index is 930. The fourth-order valence-corrected chi connectivity index (χ4v) is 4.74. The summed E-state index contributed by atoms with van der Waals surface area (Å²) in [4.78, 5) is 13.9. The number of furan rings is 1. The lowest BCUT2D eigenvalue weighted by Crippen LogP contribution is -2.49. The van der Waals surface area contributed by atoms with Gasteiger partial charge in [0.2, 0.25) is 15.8 Å². The van der Waals surface area contributed by atoms with Gasteiger partial charge in [0.25, 0.3) is 0 Å². The van der Waals surface area contributed by atoms with Gasteiger partial charge in [-0.2, -0.15) is 4.31 Å². The van der Waals surface area contributed by atoms with E-state index in [1.165, 1.54) is 11.4 Å². The number of esters is 1. The molecule has 2 aromatic rings. The average Bonchev–Trinajstić information content (AvgIpc) is 3.23. The maximum atomic E-state index is 12.9. The first-order chi connectivity index (χ1) is 13.9. The lowest BCUT2D eigenvalue weighted by atomic mass is 10.2. The van der Waals surface area contributed by atoms with Gasteiger partial charge >= 0.3 is 5.97 Å². The standard InChI is InChI=1S/C20H26N2O6S/c1-4-27-16-5-7-17(8-6-16)29(24,25)22-13-11-21(12-14-22)15(2)18-9-10-19(28-18)20(23)26-3/h5-10,15H,4,11-14H2,1-3H3/t15-/m1/s1. The van der Waals surface area contributed by atoms with Crippen LogP contribution in [0.3, 0.4) is 0 Å². The van der Waals surface area contributed by atoms with Crippen LogP contribution in [0.5, 0.6) is 5.75 Å². The Morgan fingerprint density at radius 1 is 1.10 bits per heavy atom. The molecule has 3 rings (SSSR count). The molecule has 158 valence electrons. The van der Waals surface area contributed by atoms with Crippen molar-refractivity contribution >= 4 is 16.0 Å². The smallest absolute Gasteiger partial charge is 0.373 e. The molecule has 1 saturated heterocycles. The maximum absolute atomic E-state index is 12.9. The second kappa shape index (κ2) is 8.98. The van der Waals surface area contributed by atoms with E-state index in [-0.39, 0.29) is 16.7 Å². The summed E-state index contributed by atoms with van der Waals surface area (Å²) in [6.45, 7) is 6.26. The third-order valence-electron chi connectivity index (χ3n) is 5.02. The Labute approximate surface area is 171 Å². The van der Waals surface area contributed by atoms with E-state index in [0.717, 1.165) is 0 Å². The normalized spacial score (nSPS) is 17.1. The summed E-state index contributed by atoms with van der Waals surface area (Å²) >= 11 is 0. The van der Waals surface area contributed by atoms with Gasteiger partial charge in [-0.25, -0.2) is 13.2 Å². The summed E-state index contributed by atoms with van der Waals surface area (Å²) in [7, 11) is -2.25. The van der Waals surface area contributed by atoms with Crippen LogP contribution in [0.1, 0.15) is 36.2 Å². The van der Waals surface area contributed by atoms with E-state index in [2.05, 4.69) is 9.64 Å². The zero-order valence-corrected chi connectivity index (χ0v) is 17.6. The van der Waals surface area contributed by atoms with Gasteiger partial charge in [-0.3, -0.25) is 4.90 Å². The molecule has 1 aromatic carbocycles. The van der Waals surface area contributed by atoms with Gasteiger partial charge in [0.1, 0.15) is 11.5 Å². The van der Waals surface area contributed by atoms with Crippen LogP contribution in [-0.2, 0) is 14.8 Å². The Hall–Kier alpha value is -2.36. The monoisotopic (exact) mass is 422 g/mol. The number of carbonyl (C=O) groups excluding carboxylic acids is 1. The molecule has 0 N–H and O–H groups in total. The number of piperazine rings is 1. The van der Waals surface area contributed by atoms with Gasteiger partial charge in [0.15, 0.2) is 0 Å². The van der Waals surface area contributed by atoms with E-state index in [1.807, 2.05) is 13.8 Å². The zero-order chi connectivity index (χ0) is 21.0. The van der Waals surface area contributed by atoms with Crippen molar-refractivity contribution in [2.24, 2.45) is 0 Å². The minimum absolute atomic E-state index is 0.0799. The SMILES string of the molecule is CCOc1ccc(S(=O)(=O)N2CCN([C@H](C)c3ccc(C(=O)OC)o3)CC2)cc1. The Morgan fingerprint density at radius 3 is 2.34 bits per heavy atom. The van der Waals surface area contributed by atoms with E-state index in [1.54, 1.807) is 36.4 Å². The van der Waals surface area contributed by atoms with Crippen LogP contribution in [-0.4, -0.2) is 63.5 Å². The summed E-state index contributed by atoms with van der Waals surface area (Å²) in [6, 6.07) is 9.75. The van der Waals surface area contributed by atoms with Crippen molar-refractivity contribution in [3.05, 3.63) is 47.9 Å². The fourth-order valence-electron chi connectivity index (χ4n) is 3.32. The molecule has 0 spiro atoms. The Kier molecular flexibility index (Phi) is 6.61. The summed E-state index contributed by atoms with van der Waals surface area (Å²) in [5.41, 5.74) is 0. The van der Waals surface area contributed by atoms with Crippen LogP contribution in [0.15, 0.2) is 45.7 Å². The van der Waals surface area contributed by atoms with Crippen molar-refractivity contribution in [1.82, 2.24) is 9.21 Å². The van der Waals surface area contributed by atoms with Crippen molar-refractivity contribution in [3.8, 4) is 5.75 Å². The number of nitrogens with zero attached hydrogens (tertiary/aromatic N) is 2. The van der Waals surface area contributed by atoms with Gasteiger partial charge in [-0.15, -0.1) is 0 Å². The minimum Gasteiger partial charge on any atom is -0.494 e. The van der Waals surface area contributed by atoms with Crippen molar-refractivity contribution < 1.29 is 27.1 Å². The molecule has 1 aliphatic heterocycles. The van der Waals surface area contributed by atoms with Gasteiger partial charge in [-0.1, -0.05) is 0 Å². The van der Waals surface area contributed by atoms with Crippen molar-refractivity contribution in [2.45, 2.75) is 24.8 Å². The predicted molar refractivity (Wildman–Crippen MR) is 106 cm³/mol. The second-order valence-electron chi connectivity index (χ2n) is 6.71.